The Labute approximate surface area is 268 Å². The van der Waals surface area contributed by atoms with E-state index in [-0.39, 0.29) is 57.8 Å². The van der Waals surface area contributed by atoms with Crippen LogP contribution in [0.5, 0.6) is 0 Å². The van der Waals surface area contributed by atoms with E-state index in [0.29, 0.717) is 6.42 Å². The molecule has 2 aliphatic heterocycles. The van der Waals surface area contributed by atoms with Crippen LogP contribution in [0.4, 0.5) is 0 Å². The molecule has 7 atom stereocenters. The van der Waals surface area contributed by atoms with Crippen molar-refractivity contribution in [1.82, 2.24) is 0 Å². The Balaban J connectivity index is 2.73. The third-order valence-corrected chi connectivity index (χ3v) is 24.3. The lowest BCUT2D eigenvalue weighted by Gasteiger charge is -2.56. The van der Waals surface area contributed by atoms with Gasteiger partial charge in [0.05, 0.1) is 18.3 Å². The number of carbonyl (C=O) groups is 1. The highest BCUT2D eigenvalue weighted by molar-refractivity contribution is 14.1. The molecule has 2 saturated heterocycles. The number of carbonyl (C=O) groups excluding carboxylic acids is 1. The molecule has 240 valence electrons. The van der Waals surface area contributed by atoms with Gasteiger partial charge in [-0.25, -0.2) is 0 Å². The van der Waals surface area contributed by atoms with E-state index < -0.39 is 25.0 Å². The van der Waals surface area contributed by atoms with Crippen molar-refractivity contribution < 1.29 is 27.5 Å². The van der Waals surface area contributed by atoms with Crippen LogP contribution in [0.15, 0.2) is 10.2 Å². The van der Waals surface area contributed by atoms with Crippen molar-refractivity contribution in [1.29, 1.82) is 0 Å². The van der Waals surface area contributed by atoms with Crippen molar-refractivity contribution in [2.24, 2.45) is 0 Å². The largest absolute Gasteiger partial charge is 0.408 e. The van der Waals surface area contributed by atoms with Crippen LogP contribution in [0.1, 0.15) is 81.6 Å². The first-order valence-electron chi connectivity index (χ1n) is 15.4. The predicted molar refractivity (Wildman–Crippen MR) is 187 cm³/mol. The van der Waals surface area contributed by atoms with Crippen LogP contribution in [-0.2, 0) is 27.5 Å². The van der Waals surface area contributed by atoms with Crippen molar-refractivity contribution in [3.8, 4) is 0 Å². The zero-order valence-electron chi connectivity index (χ0n) is 28.7. The summed E-state index contributed by atoms with van der Waals surface area (Å²) in [7, 11) is -6.69. The topological polar surface area (TPSA) is 63.2 Å². The molecular weight excluding hydrogens is 679 g/mol. The fourth-order valence-electron chi connectivity index (χ4n) is 4.63. The van der Waals surface area contributed by atoms with Crippen LogP contribution in [0, 0.1) is 0 Å². The Bertz CT molecular complexity index is 903. The summed E-state index contributed by atoms with van der Waals surface area (Å²) in [4.78, 5) is 11.5. The number of fused-ring (bicyclic) bond motifs is 1. The lowest BCUT2D eigenvalue weighted by atomic mass is 9.87. The van der Waals surface area contributed by atoms with Crippen LogP contribution in [0.2, 0.25) is 54.4 Å². The van der Waals surface area contributed by atoms with Gasteiger partial charge in [0.1, 0.15) is 30.7 Å². The highest BCUT2D eigenvalue weighted by Crippen LogP contribution is 2.47. The van der Waals surface area contributed by atoms with E-state index in [1.807, 2.05) is 0 Å². The molecule has 2 aliphatic rings. The van der Waals surface area contributed by atoms with Gasteiger partial charge in [-0.05, 0) is 77.4 Å². The summed E-state index contributed by atoms with van der Waals surface area (Å²) in [6.45, 7) is 34.3. The molecule has 0 amide bonds. The van der Waals surface area contributed by atoms with E-state index in [1.165, 1.54) is 0 Å². The summed E-state index contributed by atoms with van der Waals surface area (Å²) in [5.41, 5.74) is 0. The quantitative estimate of drug-likeness (QED) is 0.127. The van der Waals surface area contributed by atoms with E-state index in [9.17, 15) is 4.79 Å². The van der Waals surface area contributed by atoms with Gasteiger partial charge < -0.3 is 27.5 Å². The molecule has 0 radical (unpaired) electrons. The SMILES string of the molecule is CC(C)(C)[Si](C)(C)O[C@@H]1[C@H]([C@H](/C=C/I)O[Si](C)(C)C(C)(C)C)O[C@H]2CC[C@H](CC=O)OC2[C@@H]1O[Si](C)(C)C(C)(C)C. The van der Waals surface area contributed by atoms with Gasteiger partial charge in [0.25, 0.3) is 0 Å². The fourth-order valence-corrected chi connectivity index (χ4v) is 8.89. The molecule has 2 rings (SSSR count). The normalized spacial score (nSPS) is 29.9. The first kappa shape index (κ1) is 37.8. The van der Waals surface area contributed by atoms with Crippen molar-refractivity contribution in [3.05, 3.63) is 10.2 Å². The molecule has 0 saturated carbocycles. The summed E-state index contributed by atoms with van der Waals surface area (Å²) in [6, 6.07) is 0. The summed E-state index contributed by atoms with van der Waals surface area (Å²) in [6.07, 6.45) is 3.25. The molecule has 0 aliphatic carbocycles. The molecule has 41 heavy (non-hydrogen) atoms. The van der Waals surface area contributed by atoms with E-state index in [4.69, 9.17) is 22.8 Å². The molecule has 0 spiro atoms. The van der Waals surface area contributed by atoms with Gasteiger partial charge >= 0.3 is 0 Å². The Morgan fingerprint density at radius 3 is 1.71 bits per heavy atom. The summed E-state index contributed by atoms with van der Waals surface area (Å²) in [5.74, 6) is 0. The minimum absolute atomic E-state index is 0.00170. The number of hydrogen-bond acceptors (Lipinski definition) is 6. The number of hydrogen-bond donors (Lipinski definition) is 0. The summed E-state index contributed by atoms with van der Waals surface area (Å²) < 4.78 is 37.6. The second-order valence-electron chi connectivity index (χ2n) is 16.7. The Morgan fingerprint density at radius 1 is 0.780 bits per heavy atom. The maximum Gasteiger partial charge on any atom is 0.193 e. The van der Waals surface area contributed by atoms with E-state index in [2.05, 4.69) is 134 Å². The number of halogens is 1. The monoisotopic (exact) mass is 740 g/mol. The third-order valence-electron chi connectivity index (χ3n) is 10.4. The van der Waals surface area contributed by atoms with E-state index >= 15 is 0 Å². The number of rotatable bonds is 10. The second-order valence-corrected chi connectivity index (χ2v) is 31.7. The standard InChI is InChI=1S/C31H61IO6Si3/c1-29(2,3)39(10,11)36-24(18-20-32)26-28(38-41(14,15)31(7,8)9)27(37-40(12,13)30(4,5)6)25-23(35-26)17-16-22(34-25)19-21-33/h18,20-28H,16-17,19H2,1-15H3/b20-18+/t22-,23+,24+,25?,26+,27+,28-/m1/s1. The van der Waals surface area contributed by atoms with Crippen LogP contribution >= 0.6 is 22.6 Å². The van der Waals surface area contributed by atoms with Crippen LogP contribution in [-0.4, -0.2) is 74.0 Å². The van der Waals surface area contributed by atoms with Gasteiger partial charge in [0.15, 0.2) is 25.0 Å². The van der Waals surface area contributed by atoms with Crippen molar-refractivity contribution in [3.63, 3.8) is 0 Å². The highest BCUT2D eigenvalue weighted by atomic mass is 127. The van der Waals surface area contributed by atoms with Crippen LogP contribution < -0.4 is 0 Å². The number of ether oxygens (including phenoxy) is 2. The molecule has 0 N–H and O–H groups in total. The van der Waals surface area contributed by atoms with Gasteiger partial charge in [-0.1, -0.05) is 84.9 Å². The maximum atomic E-state index is 11.5. The average molecular weight is 741 g/mol. The molecular formula is C31H61IO6Si3. The first-order chi connectivity index (χ1) is 18.4. The lowest BCUT2D eigenvalue weighted by molar-refractivity contribution is -0.266. The third kappa shape index (κ3) is 9.08. The van der Waals surface area contributed by atoms with E-state index in [0.717, 1.165) is 19.1 Å². The van der Waals surface area contributed by atoms with Crippen LogP contribution in [0.25, 0.3) is 0 Å². The zero-order chi connectivity index (χ0) is 31.8. The smallest absolute Gasteiger partial charge is 0.193 e. The van der Waals surface area contributed by atoms with Gasteiger partial charge in [0, 0.05) is 6.42 Å². The average Bonchev–Trinajstić information content (AvgIpc) is 2.78. The second kappa shape index (κ2) is 13.5. The van der Waals surface area contributed by atoms with Crippen molar-refractivity contribution >= 4 is 53.8 Å². The Kier molecular flexibility index (Phi) is 12.5. The fraction of sp³-hybridized carbons (Fsp3) is 0.903. The molecule has 0 aromatic carbocycles. The molecule has 10 heteroatoms. The zero-order valence-corrected chi connectivity index (χ0v) is 33.9. The van der Waals surface area contributed by atoms with Crippen molar-refractivity contribution in [2.75, 3.05) is 0 Å². The van der Waals surface area contributed by atoms with Gasteiger partial charge in [0.2, 0.25) is 0 Å². The van der Waals surface area contributed by atoms with Crippen molar-refractivity contribution in [2.45, 2.75) is 179 Å². The molecule has 1 unspecified atom stereocenters. The molecule has 0 aromatic rings. The van der Waals surface area contributed by atoms with Gasteiger partial charge in [-0.3, -0.25) is 0 Å². The van der Waals surface area contributed by atoms with Gasteiger partial charge in [-0.2, -0.15) is 0 Å². The first-order valence-corrected chi connectivity index (χ1v) is 25.4. The van der Waals surface area contributed by atoms with E-state index in [1.54, 1.807) is 0 Å². The molecule has 0 aromatic heterocycles. The minimum Gasteiger partial charge on any atom is -0.408 e. The lowest BCUT2D eigenvalue weighted by Crippen LogP contribution is -2.69. The van der Waals surface area contributed by atoms with Gasteiger partial charge in [-0.15, -0.1) is 0 Å². The number of aldehydes is 1. The summed E-state index contributed by atoms with van der Waals surface area (Å²) >= 11 is 2.29. The Morgan fingerprint density at radius 2 is 1.27 bits per heavy atom. The predicted octanol–water partition coefficient (Wildman–Crippen LogP) is 9.01. The minimum atomic E-state index is -2.28. The molecule has 0 bridgehead atoms. The van der Waals surface area contributed by atoms with Crippen LogP contribution in [0.3, 0.4) is 0 Å². The Hall–Kier alpha value is 0.591. The highest BCUT2D eigenvalue weighted by Gasteiger charge is 2.57. The molecule has 2 fully saturated rings. The molecule has 2 heterocycles. The summed E-state index contributed by atoms with van der Waals surface area (Å²) in [5, 5.41) is 0.0521. The maximum absolute atomic E-state index is 11.5. The molecule has 6 nitrogen and oxygen atoms in total.